The van der Waals surface area contributed by atoms with E-state index >= 15 is 0 Å². The molecule has 0 aromatic heterocycles. The first-order valence-electron chi connectivity index (χ1n) is 30.4. The summed E-state index contributed by atoms with van der Waals surface area (Å²) in [5, 5.41) is 0. The fourth-order valence-electron chi connectivity index (χ4n) is 8.68. The van der Waals surface area contributed by atoms with Crippen molar-refractivity contribution in [1.29, 1.82) is 0 Å². The third kappa shape index (κ3) is 57.6. The maximum absolute atomic E-state index is 12.8. The third-order valence-electron chi connectivity index (χ3n) is 13.2. The van der Waals surface area contributed by atoms with Gasteiger partial charge in [0.05, 0.1) is 0 Å². The second-order valence-corrected chi connectivity index (χ2v) is 20.2. The Morgan fingerprint density at radius 2 is 0.549 bits per heavy atom. The van der Waals surface area contributed by atoms with E-state index < -0.39 is 6.10 Å². The van der Waals surface area contributed by atoms with Gasteiger partial charge >= 0.3 is 17.9 Å². The molecule has 0 heterocycles. The minimum atomic E-state index is -0.770. The van der Waals surface area contributed by atoms with Crippen molar-refractivity contribution in [3.05, 3.63) is 72.9 Å². The number of ether oxygens (including phenoxy) is 3. The van der Waals surface area contributed by atoms with E-state index in [4.69, 9.17) is 14.2 Å². The maximum atomic E-state index is 12.8. The minimum absolute atomic E-state index is 0.0702. The number of hydrogen-bond donors (Lipinski definition) is 0. The monoisotopic (exact) mass is 991 g/mol. The van der Waals surface area contributed by atoms with Crippen molar-refractivity contribution in [3.8, 4) is 0 Å². The molecule has 0 aromatic rings. The quantitative estimate of drug-likeness (QED) is 0.0261. The highest BCUT2D eigenvalue weighted by Crippen LogP contribution is 2.16. The second-order valence-electron chi connectivity index (χ2n) is 20.2. The first-order valence-corrected chi connectivity index (χ1v) is 30.4. The summed E-state index contributed by atoms with van der Waals surface area (Å²) in [5.41, 5.74) is 0. The van der Waals surface area contributed by atoms with Crippen molar-refractivity contribution in [2.75, 3.05) is 13.2 Å². The lowest BCUT2D eigenvalue weighted by Crippen LogP contribution is -2.30. The number of rotatable bonds is 55. The van der Waals surface area contributed by atoms with Gasteiger partial charge in [-0.05, 0) is 70.6 Å². The zero-order valence-corrected chi connectivity index (χ0v) is 47.0. The summed E-state index contributed by atoms with van der Waals surface area (Å²) in [6, 6.07) is 0. The fourth-order valence-corrected chi connectivity index (χ4v) is 8.68. The first kappa shape index (κ1) is 67.8. The van der Waals surface area contributed by atoms with E-state index in [0.29, 0.717) is 19.3 Å². The van der Waals surface area contributed by atoms with Gasteiger partial charge in [-0.2, -0.15) is 0 Å². The first-order chi connectivity index (χ1) is 35.0. The number of carbonyl (C=O) groups is 3. The lowest BCUT2D eigenvalue weighted by molar-refractivity contribution is -0.167. The molecule has 1 unspecified atom stereocenters. The highest BCUT2D eigenvalue weighted by Gasteiger charge is 2.19. The van der Waals surface area contributed by atoms with Crippen LogP contribution in [0.2, 0.25) is 0 Å². The van der Waals surface area contributed by atoms with Gasteiger partial charge in [0, 0.05) is 19.3 Å². The Bertz CT molecular complexity index is 1320. The van der Waals surface area contributed by atoms with Crippen LogP contribution in [-0.2, 0) is 28.6 Å². The van der Waals surface area contributed by atoms with Crippen LogP contribution in [0.4, 0.5) is 0 Å². The summed E-state index contributed by atoms with van der Waals surface area (Å²) >= 11 is 0. The predicted molar refractivity (Wildman–Crippen MR) is 307 cm³/mol. The van der Waals surface area contributed by atoms with E-state index in [0.717, 1.165) is 96.3 Å². The van der Waals surface area contributed by atoms with Gasteiger partial charge in [-0.3, -0.25) is 14.4 Å². The SMILES string of the molecule is CC/C=C\C/C=C\C/C=C\C/C=C\C/C=C\C/C=C\CCCCCCCCCCCCCCC(=O)OCC(COC(=O)CCCCCCCCCCCCC)OC(=O)CCCCCCCCCCCCC. The largest absolute Gasteiger partial charge is 0.462 e. The van der Waals surface area contributed by atoms with E-state index in [9.17, 15) is 14.4 Å². The molecule has 0 aliphatic carbocycles. The Labute approximate surface area is 440 Å². The smallest absolute Gasteiger partial charge is 0.306 e. The molecule has 0 saturated heterocycles. The van der Waals surface area contributed by atoms with Crippen molar-refractivity contribution >= 4 is 17.9 Å². The van der Waals surface area contributed by atoms with Gasteiger partial charge in [-0.1, -0.05) is 286 Å². The Hall–Kier alpha value is -3.15. The van der Waals surface area contributed by atoms with Gasteiger partial charge in [0.25, 0.3) is 0 Å². The predicted octanol–water partition coefficient (Wildman–Crippen LogP) is 20.5. The van der Waals surface area contributed by atoms with Crippen molar-refractivity contribution in [2.45, 2.75) is 309 Å². The topological polar surface area (TPSA) is 78.9 Å². The molecule has 0 radical (unpaired) electrons. The number of carbonyl (C=O) groups excluding carboxylic acids is 3. The van der Waals surface area contributed by atoms with Crippen molar-refractivity contribution in [3.63, 3.8) is 0 Å². The minimum Gasteiger partial charge on any atom is -0.462 e. The molecule has 6 nitrogen and oxygen atoms in total. The molecule has 0 spiro atoms. The number of allylic oxidation sites excluding steroid dienone is 12. The van der Waals surface area contributed by atoms with Crippen LogP contribution in [0.3, 0.4) is 0 Å². The Morgan fingerprint density at radius 3 is 0.859 bits per heavy atom. The van der Waals surface area contributed by atoms with Gasteiger partial charge in [0.15, 0.2) is 6.10 Å². The number of unbranched alkanes of at least 4 members (excludes halogenated alkanes) is 32. The average molecular weight is 992 g/mol. The molecule has 0 aromatic carbocycles. The summed E-state index contributed by atoms with van der Waals surface area (Å²) in [4.78, 5) is 38.1. The normalized spacial score (nSPS) is 12.5. The summed E-state index contributed by atoms with van der Waals surface area (Å²) < 4.78 is 16.8. The Kier molecular flexibility index (Phi) is 56.8. The van der Waals surface area contributed by atoms with E-state index in [1.807, 2.05) is 0 Å². The molecule has 0 N–H and O–H groups in total. The Balaban J connectivity index is 4.11. The van der Waals surface area contributed by atoms with Gasteiger partial charge in [0.2, 0.25) is 0 Å². The molecule has 0 bridgehead atoms. The number of esters is 3. The lowest BCUT2D eigenvalue weighted by Gasteiger charge is -2.18. The average Bonchev–Trinajstić information content (AvgIpc) is 3.37. The van der Waals surface area contributed by atoms with Crippen LogP contribution in [0, 0.1) is 0 Å². The highest BCUT2D eigenvalue weighted by molar-refractivity contribution is 5.71. The molecule has 0 fully saturated rings. The van der Waals surface area contributed by atoms with Crippen LogP contribution in [0.15, 0.2) is 72.9 Å². The second kappa shape index (κ2) is 59.4. The molecule has 71 heavy (non-hydrogen) atoms. The van der Waals surface area contributed by atoms with E-state index in [1.54, 1.807) is 0 Å². The summed E-state index contributed by atoms with van der Waals surface area (Å²) in [5.74, 6) is -0.862. The standard InChI is InChI=1S/C65H114O6/c1-4-7-10-13-16-19-22-23-24-25-26-27-28-29-30-31-32-33-34-35-36-37-38-39-40-41-44-46-49-52-55-58-64(67)70-61-62(71-65(68)59-56-53-50-47-43-21-18-15-12-9-6-3)60-69-63(66)57-54-51-48-45-42-20-17-14-11-8-5-2/h7,10,16,19,23-24,26-27,29-30,32-33,62H,4-6,8-9,11-15,17-18,20-22,25,28,31,34-61H2,1-3H3/b10-7-,19-16-,24-23-,27-26-,30-29-,33-32-. The summed E-state index contributed by atoms with van der Waals surface area (Å²) in [7, 11) is 0. The fraction of sp³-hybridized carbons (Fsp3) is 0.769. The zero-order valence-electron chi connectivity index (χ0n) is 47.0. The molecule has 410 valence electrons. The van der Waals surface area contributed by atoms with Crippen molar-refractivity contribution in [2.24, 2.45) is 0 Å². The third-order valence-corrected chi connectivity index (χ3v) is 13.2. The molecule has 0 aliphatic rings. The molecule has 0 amide bonds. The van der Waals surface area contributed by atoms with Crippen LogP contribution < -0.4 is 0 Å². The molecule has 0 aliphatic heterocycles. The van der Waals surface area contributed by atoms with Crippen LogP contribution in [0.5, 0.6) is 0 Å². The zero-order chi connectivity index (χ0) is 51.4. The van der Waals surface area contributed by atoms with E-state index in [2.05, 4.69) is 93.7 Å². The van der Waals surface area contributed by atoms with Crippen molar-refractivity contribution < 1.29 is 28.6 Å². The van der Waals surface area contributed by atoms with E-state index in [-0.39, 0.29) is 31.1 Å². The highest BCUT2D eigenvalue weighted by atomic mass is 16.6. The molecular formula is C65H114O6. The van der Waals surface area contributed by atoms with Crippen LogP contribution in [-0.4, -0.2) is 37.2 Å². The molecule has 1 atom stereocenters. The van der Waals surface area contributed by atoms with Gasteiger partial charge in [0.1, 0.15) is 13.2 Å². The molecule has 0 saturated carbocycles. The molecule has 6 heteroatoms. The molecular weight excluding hydrogens is 877 g/mol. The molecule has 0 rings (SSSR count). The lowest BCUT2D eigenvalue weighted by atomic mass is 10.0. The van der Waals surface area contributed by atoms with Crippen molar-refractivity contribution in [1.82, 2.24) is 0 Å². The Morgan fingerprint density at radius 1 is 0.296 bits per heavy atom. The van der Waals surface area contributed by atoms with E-state index in [1.165, 1.54) is 167 Å². The summed E-state index contributed by atoms with van der Waals surface area (Å²) in [6.45, 7) is 6.53. The van der Waals surface area contributed by atoms with Crippen LogP contribution in [0.1, 0.15) is 303 Å². The number of hydrogen-bond acceptors (Lipinski definition) is 6. The van der Waals surface area contributed by atoms with Crippen LogP contribution in [0.25, 0.3) is 0 Å². The van der Waals surface area contributed by atoms with Gasteiger partial charge in [-0.15, -0.1) is 0 Å². The maximum Gasteiger partial charge on any atom is 0.306 e. The summed E-state index contributed by atoms with van der Waals surface area (Å²) in [6.07, 6.45) is 76.3. The van der Waals surface area contributed by atoms with Gasteiger partial charge in [-0.25, -0.2) is 0 Å². The van der Waals surface area contributed by atoms with Crippen LogP contribution >= 0.6 is 0 Å². The van der Waals surface area contributed by atoms with Gasteiger partial charge < -0.3 is 14.2 Å².